The molecule has 122 valence electrons. The Bertz CT molecular complexity index is 791. The molecule has 1 heterocycles. The van der Waals surface area contributed by atoms with Crippen LogP contribution in [0.1, 0.15) is 56.4 Å². The molecule has 1 aliphatic rings. The van der Waals surface area contributed by atoms with Crippen LogP contribution in [0.25, 0.3) is 10.9 Å². The number of carboxylic acid groups (broad SMARTS) is 1. The molecule has 1 aromatic carbocycles. The number of aromatic nitrogens is 1. The Morgan fingerprint density at radius 2 is 2.17 bits per heavy atom. The van der Waals surface area contributed by atoms with Gasteiger partial charge in [-0.05, 0) is 31.2 Å². The van der Waals surface area contributed by atoms with Crippen LogP contribution in [0.15, 0.2) is 23.4 Å². The number of carbonyl (C=O) groups is 1. The van der Waals surface area contributed by atoms with Gasteiger partial charge in [0.25, 0.3) is 0 Å². The zero-order valence-corrected chi connectivity index (χ0v) is 13.5. The van der Waals surface area contributed by atoms with E-state index in [1.165, 1.54) is 5.56 Å². The Hall–Kier alpha value is -2.30. The van der Waals surface area contributed by atoms with Crippen LogP contribution >= 0.6 is 0 Å². The summed E-state index contributed by atoms with van der Waals surface area (Å²) in [5, 5.41) is 23.3. The van der Waals surface area contributed by atoms with E-state index in [0.29, 0.717) is 18.6 Å². The van der Waals surface area contributed by atoms with E-state index in [1.807, 2.05) is 19.1 Å². The predicted molar refractivity (Wildman–Crippen MR) is 89.5 cm³/mol. The zero-order valence-electron chi connectivity index (χ0n) is 13.5. The number of carboxylic acids is 1. The zero-order chi connectivity index (χ0) is 16.6. The highest BCUT2D eigenvalue weighted by atomic mass is 16.4. The van der Waals surface area contributed by atoms with E-state index in [4.69, 9.17) is 0 Å². The predicted octanol–water partition coefficient (Wildman–Crippen LogP) is 3.82. The van der Waals surface area contributed by atoms with Crippen molar-refractivity contribution in [2.24, 2.45) is 5.16 Å². The van der Waals surface area contributed by atoms with Gasteiger partial charge in [-0.1, -0.05) is 37.2 Å². The number of oxime groups is 1. The molecule has 3 N–H and O–H groups in total. The third kappa shape index (κ3) is 2.31. The molecule has 0 radical (unpaired) electrons. The van der Waals surface area contributed by atoms with E-state index >= 15 is 0 Å². The largest absolute Gasteiger partial charge is 0.481 e. The van der Waals surface area contributed by atoms with Crippen molar-refractivity contribution in [1.82, 2.24) is 4.98 Å². The Balaban J connectivity index is 2.34. The SMILES string of the molecule is CCc1cccc2c3c([nH]c12)C(CC)(CC(=O)O)CCC3=NO. The number of aromatic amines is 1. The van der Waals surface area contributed by atoms with E-state index in [-0.39, 0.29) is 6.42 Å². The van der Waals surface area contributed by atoms with Gasteiger partial charge in [0.15, 0.2) is 0 Å². The molecule has 0 fully saturated rings. The van der Waals surface area contributed by atoms with E-state index in [9.17, 15) is 15.1 Å². The number of rotatable bonds is 4. The second kappa shape index (κ2) is 5.72. The van der Waals surface area contributed by atoms with Crippen LogP contribution < -0.4 is 0 Å². The summed E-state index contributed by atoms with van der Waals surface area (Å²) < 4.78 is 0. The van der Waals surface area contributed by atoms with Crippen LogP contribution in [0.3, 0.4) is 0 Å². The van der Waals surface area contributed by atoms with Crippen molar-refractivity contribution in [2.75, 3.05) is 0 Å². The van der Waals surface area contributed by atoms with Gasteiger partial charge in [-0.3, -0.25) is 4.79 Å². The minimum Gasteiger partial charge on any atom is -0.481 e. The first-order valence-corrected chi connectivity index (χ1v) is 8.13. The summed E-state index contributed by atoms with van der Waals surface area (Å²) in [5.74, 6) is -0.795. The van der Waals surface area contributed by atoms with Crippen LogP contribution in [0.5, 0.6) is 0 Å². The van der Waals surface area contributed by atoms with Crippen LogP contribution in [-0.2, 0) is 16.6 Å². The Kier molecular flexibility index (Phi) is 3.88. The molecule has 1 atom stereocenters. The number of nitrogens with one attached hydrogen (secondary N) is 1. The van der Waals surface area contributed by atoms with Gasteiger partial charge < -0.3 is 15.3 Å². The highest BCUT2D eigenvalue weighted by molar-refractivity contribution is 6.13. The van der Waals surface area contributed by atoms with Gasteiger partial charge in [0.05, 0.1) is 12.1 Å². The van der Waals surface area contributed by atoms with E-state index in [2.05, 4.69) is 23.1 Å². The molecule has 1 aromatic heterocycles. The summed E-state index contributed by atoms with van der Waals surface area (Å²) in [6.45, 7) is 4.13. The second-order valence-corrected chi connectivity index (χ2v) is 6.32. The molecule has 23 heavy (non-hydrogen) atoms. The fourth-order valence-corrected chi connectivity index (χ4v) is 3.92. The van der Waals surface area contributed by atoms with Gasteiger partial charge in [-0.2, -0.15) is 0 Å². The average molecular weight is 314 g/mol. The highest BCUT2D eigenvalue weighted by Gasteiger charge is 2.41. The van der Waals surface area contributed by atoms with Gasteiger partial charge >= 0.3 is 5.97 Å². The van der Waals surface area contributed by atoms with E-state index < -0.39 is 11.4 Å². The summed E-state index contributed by atoms with van der Waals surface area (Å²) in [6.07, 6.45) is 2.98. The molecule has 0 spiro atoms. The topological polar surface area (TPSA) is 85.7 Å². The quantitative estimate of drug-likeness (QED) is 0.592. The number of nitrogens with zero attached hydrogens (tertiary/aromatic N) is 1. The van der Waals surface area contributed by atoms with Gasteiger partial charge in [0.1, 0.15) is 0 Å². The third-order valence-electron chi connectivity index (χ3n) is 5.25. The minimum absolute atomic E-state index is 0.0868. The van der Waals surface area contributed by atoms with Crippen molar-refractivity contribution in [3.05, 3.63) is 35.0 Å². The summed E-state index contributed by atoms with van der Waals surface area (Å²) in [7, 11) is 0. The number of H-pyrrole nitrogens is 1. The lowest BCUT2D eigenvalue weighted by Gasteiger charge is -2.35. The maximum atomic E-state index is 11.4. The molecule has 1 unspecified atom stereocenters. The van der Waals surface area contributed by atoms with E-state index in [1.54, 1.807) is 0 Å². The molecule has 0 saturated heterocycles. The lowest BCUT2D eigenvalue weighted by atomic mass is 9.69. The van der Waals surface area contributed by atoms with Gasteiger partial charge in [0.2, 0.25) is 0 Å². The normalized spacial score (nSPS) is 22.4. The van der Waals surface area contributed by atoms with Gasteiger partial charge in [0, 0.05) is 27.6 Å². The highest BCUT2D eigenvalue weighted by Crippen LogP contribution is 2.45. The summed E-state index contributed by atoms with van der Waals surface area (Å²) in [6, 6.07) is 6.09. The third-order valence-corrected chi connectivity index (χ3v) is 5.25. The molecule has 0 amide bonds. The van der Waals surface area contributed by atoms with Gasteiger partial charge in [-0.25, -0.2) is 0 Å². The molecule has 5 nitrogen and oxygen atoms in total. The maximum absolute atomic E-state index is 11.4. The molecular weight excluding hydrogens is 292 g/mol. The Morgan fingerprint density at radius 3 is 2.78 bits per heavy atom. The number of para-hydroxylation sites is 1. The molecule has 0 aliphatic heterocycles. The summed E-state index contributed by atoms with van der Waals surface area (Å²) >= 11 is 0. The van der Waals surface area contributed by atoms with Gasteiger partial charge in [-0.15, -0.1) is 0 Å². The minimum atomic E-state index is -0.795. The fourth-order valence-electron chi connectivity index (χ4n) is 3.92. The van der Waals surface area contributed by atoms with Crippen molar-refractivity contribution in [3.63, 3.8) is 0 Å². The smallest absolute Gasteiger partial charge is 0.304 e. The first kappa shape index (κ1) is 15.6. The van der Waals surface area contributed by atoms with Crippen LogP contribution in [0, 0.1) is 0 Å². The molecule has 0 bridgehead atoms. The summed E-state index contributed by atoms with van der Waals surface area (Å²) in [5.41, 5.74) is 4.25. The van der Waals surface area contributed by atoms with Crippen molar-refractivity contribution >= 4 is 22.6 Å². The number of aryl methyl sites for hydroxylation is 1. The van der Waals surface area contributed by atoms with Crippen LogP contribution in [0.2, 0.25) is 0 Å². The van der Waals surface area contributed by atoms with Crippen molar-refractivity contribution in [2.45, 2.75) is 51.4 Å². The van der Waals surface area contributed by atoms with Crippen molar-refractivity contribution in [3.8, 4) is 0 Å². The second-order valence-electron chi connectivity index (χ2n) is 6.32. The lowest BCUT2D eigenvalue weighted by molar-refractivity contribution is -0.138. The first-order chi connectivity index (χ1) is 11.1. The molecule has 5 heteroatoms. The Morgan fingerprint density at radius 1 is 1.39 bits per heavy atom. The molecule has 1 aliphatic carbocycles. The molecule has 2 aromatic rings. The fraction of sp³-hybridized carbons (Fsp3) is 0.444. The van der Waals surface area contributed by atoms with Crippen molar-refractivity contribution in [1.29, 1.82) is 0 Å². The monoisotopic (exact) mass is 314 g/mol. The van der Waals surface area contributed by atoms with E-state index in [0.717, 1.165) is 35.0 Å². The molecular formula is C18H22N2O3. The number of hydrogen-bond acceptors (Lipinski definition) is 3. The maximum Gasteiger partial charge on any atom is 0.304 e. The number of aliphatic carboxylic acids is 1. The first-order valence-electron chi connectivity index (χ1n) is 8.13. The molecule has 3 rings (SSSR count). The Labute approximate surface area is 135 Å². The standard InChI is InChI=1S/C18H22N2O3/c1-3-11-6-5-7-12-15-13(20-23)8-9-18(4-2,10-14(21)22)17(15)19-16(11)12/h5-7,19,23H,3-4,8-10H2,1-2H3,(H,21,22). The van der Waals surface area contributed by atoms with Crippen LogP contribution in [-0.4, -0.2) is 27.0 Å². The molecule has 0 saturated carbocycles. The number of benzene rings is 1. The number of hydrogen-bond donors (Lipinski definition) is 3. The van der Waals surface area contributed by atoms with Crippen LogP contribution in [0.4, 0.5) is 0 Å². The average Bonchev–Trinajstić information content (AvgIpc) is 2.95. The number of fused-ring (bicyclic) bond motifs is 3. The lowest BCUT2D eigenvalue weighted by Crippen LogP contribution is -2.35. The summed E-state index contributed by atoms with van der Waals surface area (Å²) in [4.78, 5) is 14.9. The van der Waals surface area contributed by atoms with Crippen molar-refractivity contribution < 1.29 is 15.1 Å².